The van der Waals surface area contributed by atoms with Crippen molar-refractivity contribution in [3.8, 4) is 22.5 Å². The second kappa shape index (κ2) is 16.4. The summed E-state index contributed by atoms with van der Waals surface area (Å²) in [6.45, 7) is 16.6. The fourth-order valence-corrected chi connectivity index (χ4v) is 3.63. The molecule has 0 amide bonds. The Morgan fingerprint density at radius 2 is 1.29 bits per heavy atom. The van der Waals surface area contributed by atoms with Crippen LogP contribution in [0.25, 0.3) is 22.5 Å². The van der Waals surface area contributed by atoms with E-state index < -0.39 is 0 Å². The summed E-state index contributed by atoms with van der Waals surface area (Å²) in [6, 6.07) is 21.6. The fourth-order valence-electron chi connectivity index (χ4n) is 3.63. The van der Waals surface area contributed by atoms with Crippen molar-refractivity contribution >= 4 is 0 Å². The number of allylic oxidation sites excluding steroid dienone is 6. The van der Waals surface area contributed by atoms with Crippen molar-refractivity contribution < 1.29 is 0 Å². The smallest absolute Gasteiger partial charge is 0.0712 e. The zero-order chi connectivity index (χ0) is 25.3. The summed E-state index contributed by atoms with van der Waals surface area (Å²) < 4.78 is 0. The predicted molar refractivity (Wildman–Crippen MR) is 153 cm³/mol. The molecule has 3 aromatic rings. The highest BCUT2D eigenvalue weighted by molar-refractivity contribution is 5.68. The van der Waals surface area contributed by atoms with E-state index in [9.17, 15) is 0 Å². The minimum atomic E-state index is 0.915. The molecule has 0 bridgehead atoms. The van der Waals surface area contributed by atoms with E-state index in [0.717, 1.165) is 29.8 Å². The van der Waals surface area contributed by atoms with Crippen LogP contribution < -0.4 is 0 Å². The van der Waals surface area contributed by atoms with Crippen molar-refractivity contribution in [3.05, 3.63) is 113 Å². The van der Waals surface area contributed by atoms with Crippen molar-refractivity contribution in [1.29, 1.82) is 0 Å². The first-order valence-electron chi connectivity index (χ1n) is 12.5. The predicted octanol–water partition coefficient (Wildman–Crippen LogP) is 10.1. The third-order valence-corrected chi connectivity index (χ3v) is 5.06. The maximum Gasteiger partial charge on any atom is 0.0712 e. The number of rotatable bonds is 6. The Labute approximate surface area is 209 Å². The molecule has 0 aliphatic carbocycles. The first-order valence-corrected chi connectivity index (χ1v) is 12.5. The van der Waals surface area contributed by atoms with Gasteiger partial charge >= 0.3 is 0 Å². The summed E-state index contributed by atoms with van der Waals surface area (Å²) in [5.41, 5.74) is 9.59. The Morgan fingerprint density at radius 3 is 1.79 bits per heavy atom. The van der Waals surface area contributed by atoms with Gasteiger partial charge in [0, 0.05) is 11.1 Å². The highest BCUT2D eigenvalue weighted by atomic mass is 14.7. The quantitative estimate of drug-likeness (QED) is 0.267. The minimum Gasteiger partial charge on any atom is -0.248 e. The van der Waals surface area contributed by atoms with Crippen molar-refractivity contribution in [2.24, 2.45) is 0 Å². The molecule has 0 saturated heterocycles. The fraction of sp³-hybridized carbons (Fsp3) is 0.303. The second-order valence-electron chi connectivity index (χ2n) is 8.02. The van der Waals surface area contributed by atoms with Crippen LogP contribution in [0.5, 0.6) is 0 Å². The average molecular weight is 454 g/mol. The lowest BCUT2D eigenvalue weighted by molar-refractivity contribution is 1.12. The van der Waals surface area contributed by atoms with Gasteiger partial charge in [-0.3, -0.25) is 0 Å². The number of hydrogen-bond acceptors (Lipinski definition) is 1. The molecule has 0 fully saturated rings. The maximum absolute atomic E-state index is 5.02. The molecular formula is C33H43N. The summed E-state index contributed by atoms with van der Waals surface area (Å²) in [6.07, 6.45) is 12.6. The Morgan fingerprint density at radius 1 is 0.735 bits per heavy atom. The standard InChI is InChI=1S/C27H29N.C4H8.C2H6/c1-5-10-22(11-6-2)17-23-18-26(24-12-8-7-9-13-24)28-27(19-23)25-15-20(3)14-21(4)16-25;1-3-4-2;1-2/h5,7-16,18-19H,6,17H2,1-4H3;3-4H,1-2H3;1-2H3/b10-5-,22-11+;4-3-;. The van der Waals surface area contributed by atoms with Crippen molar-refractivity contribution in [2.45, 2.75) is 68.2 Å². The minimum absolute atomic E-state index is 0.915. The first kappa shape index (κ1) is 28.8. The Hall–Kier alpha value is -3.19. The van der Waals surface area contributed by atoms with Crippen LogP contribution in [0.3, 0.4) is 0 Å². The van der Waals surface area contributed by atoms with Crippen LogP contribution in [0.4, 0.5) is 0 Å². The summed E-state index contributed by atoms with van der Waals surface area (Å²) in [4.78, 5) is 5.02. The number of benzene rings is 2. The van der Waals surface area contributed by atoms with E-state index in [1.807, 2.05) is 45.9 Å². The molecule has 0 aliphatic heterocycles. The molecule has 1 heteroatoms. The molecule has 1 heterocycles. The third kappa shape index (κ3) is 9.75. The Balaban J connectivity index is 0.000000872. The molecule has 0 radical (unpaired) electrons. The van der Waals surface area contributed by atoms with Gasteiger partial charge in [0.25, 0.3) is 0 Å². The molecule has 1 aromatic heterocycles. The van der Waals surface area contributed by atoms with E-state index in [1.54, 1.807) is 0 Å². The molecule has 0 unspecified atom stereocenters. The van der Waals surface area contributed by atoms with Gasteiger partial charge in [-0.25, -0.2) is 4.98 Å². The number of nitrogens with zero attached hydrogens (tertiary/aromatic N) is 1. The third-order valence-electron chi connectivity index (χ3n) is 5.06. The van der Waals surface area contributed by atoms with Crippen LogP contribution in [0.2, 0.25) is 0 Å². The summed E-state index contributed by atoms with van der Waals surface area (Å²) in [5, 5.41) is 0. The molecule has 0 atom stereocenters. The summed E-state index contributed by atoms with van der Waals surface area (Å²) in [7, 11) is 0. The number of aryl methyl sites for hydroxylation is 2. The van der Waals surface area contributed by atoms with E-state index in [1.165, 1.54) is 27.8 Å². The van der Waals surface area contributed by atoms with Gasteiger partial charge in [0.2, 0.25) is 0 Å². The number of hydrogen-bond donors (Lipinski definition) is 0. The van der Waals surface area contributed by atoms with E-state index in [0.29, 0.717) is 0 Å². The largest absolute Gasteiger partial charge is 0.248 e. The van der Waals surface area contributed by atoms with E-state index in [4.69, 9.17) is 4.98 Å². The number of pyridine rings is 1. The van der Waals surface area contributed by atoms with Crippen LogP contribution in [0.1, 0.15) is 64.7 Å². The van der Waals surface area contributed by atoms with Crippen molar-refractivity contribution in [2.75, 3.05) is 0 Å². The Bertz CT molecular complexity index is 1040. The van der Waals surface area contributed by atoms with Gasteiger partial charge in [0.1, 0.15) is 0 Å². The molecule has 0 aliphatic rings. The zero-order valence-corrected chi connectivity index (χ0v) is 22.5. The highest BCUT2D eigenvalue weighted by Gasteiger charge is 2.09. The van der Waals surface area contributed by atoms with Gasteiger partial charge in [-0.15, -0.1) is 0 Å². The maximum atomic E-state index is 5.02. The van der Waals surface area contributed by atoms with Gasteiger partial charge in [-0.1, -0.05) is 98.7 Å². The summed E-state index contributed by atoms with van der Waals surface area (Å²) >= 11 is 0. The molecule has 34 heavy (non-hydrogen) atoms. The summed E-state index contributed by atoms with van der Waals surface area (Å²) in [5.74, 6) is 0. The van der Waals surface area contributed by atoms with Crippen LogP contribution in [-0.4, -0.2) is 4.98 Å². The molecular weight excluding hydrogens is 410 g/mol. The van der Waals surface area contributed by atoms with Crippen LogP contribution >= 0.6 is 0 Å². The highest BCUT2D eigenvalue weighted by Crippen LogP contribution is 2.27. The lowest BCUT2D eigenvalue weighted by atomic mass is 9.98. The zero-order valence-electron chi connectivity index (χ0n) is 22.5. The lowest BCUT2D eigenvalue weighted by Gasteiger charge is -2.12. The SMILES string of the molecule is C/C=C\C.C/C=C\C(=C/CC)Cc1cc(-c2ccccc2)nc(-c2cc(C)cc(C)c2)c1.CC. The topological polar surface area (TPSA) is 12.9 Å². The van der Waals surface area contributed by atoms with Gasteiger partial charge in [-0.2, -0.15) is 0 Å². The van der Waals surface area contributed by atoms with Crippen molar-refractivity contribution in [3.63, 3.8) is 0 Å². The molecule has 1 nitrogen and oxygen atoms in total. The van der Waals surface area contributed by atoms with Gasteiger partial charge < -0.3 is 0 Å². The van der Waals surface area contributed by atoms with Crippen LogP contribution in [-0.2, 0) is 6.42 Å². The normalized spacial score (nSPS) is 11.1. The van der Waals surface area contributed by atoms with Crippen LogP contribution in [0, 0.1) is 13.8 Å². The molecule has 180 valence electrons. The average Bonchev–Trinajstić information content (AvgIpc) is 2.85. The molecule has 3 rings (SSSR count). The molecule has 2 aromatic carbocycles. The monoisotopic (exact) mass is 453 g/mol. The first-order chi connectivity index (χ1) is 16.5. The number of aromatic nitrogens is 1. The van der Waals surface area contributed by atoms with E-state index >= 15 is 0 Å². The van der Waals surface area contributed by atoms with E-state index in [2.05, 4.69) is 101 Å². The molecule has 0 spiro atoms. The van der Waals surface area contributed by atoms with Gasteiger partial charge in [-0.05, 0) is 82.9 Å². The Kier molecular flexibility index (Phi) is 13.9. The second-order valence-corrected chi connectivity index (χ2v) is 8.02. The van der Waals surface area contributed by atoms with Crippen molar-refractivity contribution in [1.82, 2.24) is 4.98 Å². The molecule has 0 saturated carbocycles. The lowest BCUT2D eigenvalue weighted by Crippen LogP contribution is -1.96. The molecule has 0 N–H and O–H groups in total. The van der Waals surface area contributed by atoms with E-state index in [-0.39, 0.29) is 0 Å². The van der Waals surface area contributed by atoms with Gasteiger partial charge in [0.05, 0.1) is 11.4 Å². The van der Waals surface area contributed by atoms with Gasteiger partial charge in [0.15, 0.2) is 0 Å². The van der Waals surface area contributed by atoms with Crippen LogP contribution in [0.15, 0.2) is 96.6 Å².